The van der Waals surface area contributed by atoms with Gasteiger partial charge in [0.1, 0.15) is 22.9 Å². The number of nitro benzene ring substituents is 1. The van der Waals surface area contributed by atoms with Crippen LogP contribution in [0, 0.1) is 22.9 Å². The number of para-hydroxylation sites is 1. The average Bonchev–Trinajstić information content (AvgIpc) is 3.21. The van der Waals surface area contributed by atoms with Crippen molar-refractivity contribution in [1.82, 2.24) is 5.32 Å². The van der Waals surface area contributed by atoms with Gasteiger partial charge in [0.15, 0.2) is 5.11 Å². The highest BCUT2D eigenvalue weighted by Gasteiger charge is 2.35. The van der Waals surface area contributed by atoms with Crippen LogP contribution in [0.3, 0.4) is 0 Å². The van der Waals surface area contributed by atoms with Gasteiger partial charge in [-0.25, -0.2) is 9.29 Å². The Morgan fingerprint density at radius 1 is 1.16 bits per heavy atom. The predicted molar refractivity (Wildman–Crippen MR) is 118 cm³/mol. The number of anilines is 1. The summed E-state index contributed by atoms with van der Waals surface area (Å²) >= 11 is 5.06. The van der Waals surface area contributed by atoms with Crippen LogP contribution in [0.5, 0.6) is 0 Å². The van der Waals surface area contributed by atoms with Crippen LogP contribution in [0.2, 0.25) is 0 Å². The van der Waals surface area contributed by atoms with E-state index in [1.807, 2.05) is 0 Å². The highest BCUT2D eigenvalue weighted by Crippen LogP contribution is 2.30. The van der Waals surface area contributed by atoms with Crippen LogP contribution in [-0.2, 0) is 9.59 Å². The Morgan fingerprint density at radius 2 is 1.91 bits per heavy atom. The van der Waals surface area contributed by atoms with Crippen molar-refractivity contribution >= 4 is 46.6 Å². The number of aryl methyl sites for hydroxylation is 1. The van der Waals surface area contributed by atoms with Crippen molar-refractivity contribution in [1.29, 1.82) is 0 Å². The lowest BCUT2D eigenvalue weighted by Gasteiger charge is -2.28. The van der Waals surface area contributed by atoms with Gasteiger partial charge in [-0.1, -0.05) is 18.2 Å². The van der Waals surface area contributed by atoms with E-state index in [9.17, 15) is 24.1 Å². The molecule has 8 nitrogen and oxygen atoms in total. The van der Waals surface area contributed by atoms with Gasteiger partial charge in [-0.2, -0.15) is 0 Å². The molecule has 0 radical (unpaired) electrons. The van der Waals surface area contributed by atoms with E-state index in [4.69, 9.17) is 16.6 Å². The Balaban J connectivity index is 1.71. The molecule has 10 heteroatoms. The van der Waals surface area contributed by atoms with Crippen LogP contribution in [-0.4, -0.2) is 21.9 Å². The minimum atomic E-state index is -0.812. The van der Waals surface area contributed by atoms with Gasteiger partial charge in [-0.05, 0) is 55.0 Å². The summed E-state index contributed by atoms with van der Waals surface area (Å²) in [5.74, 6) is -1.76. The largest absolute Gasteiger partial charge is 0.457 e. The van der Waals surface area contributed by atoms with Crippen molar-refractivity contribution < 1.29 is 23.3 Å². The first kappa shape index (κ1) is 21.1. The predicted octanol–water partition coefficient (Wildman–Crippen LogP) is 4.13. The number of amides is 2. The summed E-state index contributed by atoms with van der Waals surface area (Å²) in [5, 5.41) is 13.2. The third kappa shape index (κ3) is 3.79. The fraction of sp³-hybridized carbons (Fsp3) is 0.0455. The summed E-state index contributed by atoms with van der Waals surface area (Å²) in [5.41, 5.74) is 0.737. The number of thiocarbonyl (C=S) groups is 1. The molecular weight excluding hydrogens is 437 g/mol. The van der Waals surface area contributed by atoms with Crippen LogP contribution < -0.4 is 10.2 Å². The molecule has 1 fully saturated rings. The average molecular weight is 451 g/mol. The van der Waals surface area contributed by atoms with Crippen molar-refractivity contribution in [2.45, 2.75) is 6.92 Å². The van der Waals surface area contributed by atoms with E-state index >= 15 is 0 Å². The third-order valence-corrected chi connectivity index (χ3v) is 5.09. The van der Waals surface area contributed by atoms with Crippen LogP contribution in [0.4, 0.5) is 15.8 Å². The summed E-state index contributed by atoms with van der Waals surface area (Å²) in [6.45, 7) is 1.77. The number of hydrogen-bond donors (Lipinski definition) is 1. The summed E-state index contributed by atoms with van der Waals surface area (Å²) in [7, 11) is 0. The molecule has 0 bridgehead atoms. The fourth-order valence-electron chi connectivity index (χ4n) is 3.22. The van der Waals surface area contributed by atoms with E-state index in [0.29, 0.717) is 11.3 Å². The lowest BCUT2D eigenvalue weighted by Crippen LogP contribution is -2.54. The maximum Gasteiger partial charge on any atom is 0.270 e. The van der Waals surface area contributed by atoms with E-state index in [2.05, 4.69) is 5.32 Å². The molecule has 160 valence electrons. The topological polar surface area (TPSA) is 106 Å². The molecule has 2 aromatic carbocycles. The van der Waals surface area contributed by atoms with E-state index < -0.39 is 22.6 Å². The van der Waals surface area contributed by atoms with Gasteiger partial charge in [0.25, 0.3) is 17.5 Å². The van der Waals surface area contributed by atoms with Crippen molar-refractivity contribution in [3.8, 4) is 11.3 Å². The maximum atomic E-state index is 14.2. The molecule has 4 rings (SSSR count). The highest BCUT2D eigenvalue weighted by molar-refractivity contribution is 7.80. The minimum Gasteiger partial charge on any atom is -0.457 e. The Morgan fingerprint density at radius 3 is 2.62 bits per heavy atom. The zero-order chi connectivity index (χ0) is 23.0. The number of carbonyl (C=O) groups excluding carboxylic acids is 2. The molecule has 32 heavy (non-hydrogen) atoms. The second-order valence-corrected chi connectivity index (χ2v) is 7.25. The number of carbonyl (C=O) groups is 2. The van der Waals surface area contributed by atoms with Gasteiger partial charge in [-0.15, -0.1) is 0 Å². The molecule has 1 aliphatic heterocycles. The van der Waals surface area contributed by atoms with Gasteiger partial charge in [0.05, 0.1) is 10.6 Å². The standard InChI is InChI=1S/C22H14FN3O5S/c1-12-6-7-13(26(29)30)10-15(12)19-9-8-14(31-19)11-16-20(27)24-22(32)25(21(16)28)18-5-3-2-4-17(18)23/h2-11H,1H3,(H,24,27,32)/b16-11+. The SMILES string of the molecule is Cc1ccc([N+](=O)[O-])cc1-c1ccc(/C=C2\C(=O)NC(=S)N(c3ccccc3F)C2=O)o1. The molecule has 1 aromatic heterocycles. The quantitative estimate of drug-likeness (QED) is 0.210. The van der Waals surface area contributed by atoms with Crippen molar-refractivity contribution in [2.24, 2.45) is 0 Å². The Labute approximate surface area is 186 Å². The molecule has 1 aliphatic rings. The molecular formula is C22H14FN3O5S. The zero-order valence-electron chi connectivity index (χ0n) is 16.5. The zero-order valence-corrected chi connectivity index (χ0v) is 17.3. The molecule has 0 spiro atoms. The molecule has 2 amide bonds. The van der Waals surface area contributed by atoms with Gasteiger partial charge in [-0.3, -0.25) is 25.0 Å². The van der Waals surface area contributed by atoms with Crippen molar-refractivity contribution in [3.63, 3.8) is 0 Å². The number of furan rings is 1. The van der Waals surface area contributed by atoms with E-state index in [1.54, 1.807) is 19.1 Å². The lowest BCUT2D eigenvalue weighted by molar-refractivity contribution is -0.384. The van der Waals surface area contributed by atoms with Gasteiger partial charge in [0.2, 0.25) is 0 Å². The molecule has 0 saturated carbocycles. The molecule has 0 aliphatic carbocycles. The summed E-state index contributed by atoms with van der Waals surface area (Å²) in [6.07, 6.45) is 1.21. The maximum absolute atomic E-state index is 14.2. The van der Waals surface area contributed by atoms with Crippen LogP contribution >= 0.6 is 12.2 Å². The summed E-state index contributed by atoms with van der Waals surface area (Å²) in [4.78, 5) is 36.8. The first-order chi connectivity index (χ1) is 15.3. The molecule has 0 unspecified atom stereocenters. The fourth-order valence-corrected chi connectivity index (χ4v) is 3.49. The van der Waals surface area contributed by atoms with Gasteiger partial charge >= 0.3 is 0 Å². The third-order valence-electron chi connectivity index (χ3n) is 4.81. The molecule has 3 aromatic rings. The number of rotatable bonds is 4. The highest BCUT2D eigenvalue weighted by atomic mass is 32.1. The monoisotopic (exact) mass is 451 g/mol. The minimum absolute atomic E-state index is 0.0965. The molecule has 1 saturated heterocycles. The van der Waals surface area contributed by atoms with E-state index in [-0.39, 0.29) is 27.8 Å². The Bertz CT molecular complexity index is 1330. The summed E-state index contributed by atoms with van der Waals surface area (Å²) < 4.78 is 20.0. The Hall–Kier alpha value is -4.18. The van der Waals surface area contributed by atoms with Crippen molar-refractivity contribution in [2.75, 3.05) is 4.90 Å². The van der Waals surface area contributed by atoms with Crippen LogP contribution in [0.25, 0.3) is 17.4 Å². The number of hydrogen-bond acceptors (Lipinski definition) is 6. The van der Waals surface area contributed by atoms with Gasteiger partial charge in [0, 0.05) is 17.7 Å². The number of nitrogens with one attached hydrogen (secondary N) is 1. The Kier molecular flexibility index (Phi) is 5.37. The number of halogens is 1. The summed E-state index contributed by atoms with van der Waals surface area (Å²) in [6, 6.07) is 13.0. The van der Waals surface area contributed by atoms with Gasteiger partial charge < -0.3 is 4.42 Å². The normalized spacial score (nSPS) is 15.2. The number of nitrogens with zero attached hydrogens (tertiary/aromatic N) is 2. The molecule has 0 atom stereocenters. The number of benzene rings is 2. The van der Waals surface area contributed by atoms with Crippen LogP contribution in [0.15, 0.2) is 64.6 Å². The van der Waals surface area contributed by atoms with Crippen LogP contribution in [0.1, 0.15) is 11.3 Å². The molecule has 1 N–H and O–H groups in total. The van der Waals surface area contributed by atoms with Crippen molar-refractivity contribution in [3.05, 3.63) is 87.4 Å². The number of nitro groups is 1. The van der Waals surface area contributed by atoms with E-state index in [0.717, 1.165) is 10.5 Å². The second kappa shape index (κ2) is 8.16. The molecule has 2 heterocycles. The first-order valence-electron chi connectivity index (χ1n) is 9.27. The smallest absolute Gasteiger partial charge is 0.270 e. The number of non-ortho nitro benzene ring substituents is 1. The lowest BCUT2D eigenvalue weighted by atomic mass is 10.1. The second-order valence-electron chi connectivity index (χ2n) is 6.87. The first-order valence-corrected chi connectivity index (χ1v) is 9.68. The van der Waals surface area contributed by atoms with E-state index in [1.165, 1.54) is 48.5 Å².